The summed E-state index contributed by atoms with van der Waals surface area (Å²) < 4.78 is 11.5. The Morgan fingerprint density at radius 2 is 1.80 bits per heavy atom. The number of aryl methyl sites for hydroxylation is 1. The van der Waals surface area contributed by atoms with Crippen LogP contribution >= 0.6 is 0 Å². The van der Waals surface area contributed by atoms with Crippen LogP contribution in [0.4, 0.5) is 5.82 Å². The van der Waals surface area contributed by atoms with E-state index in [1.165, 1.54) is 0 Å². The molecule has 1 spiro atoms. The zero-order valence-electron chi connectivity index (χ0n) is 12.2. The summed E-state index contributed by atoms with van der Waals surface area (Å²) in [5.41, 5.74) is 9.09. The lowest BCUT2D eigenvalue weighted by Crippen LogP contribution is -2.46. The molecule has 3 rings (SSSR count). The SMILES string of the molecule is Cc1nnc(N2CCC3(CC2)OCCO3)c(CN)c1C. The first-order valence-corrected chi connectivity index (χ1v) is 7.21. The molecule has 1 aromatic rings. The number of ether oxygens (including phenoxy) is 2. The second-order valence-corrected chi connectivity index (χ2v) is 5.51. The van der Waals surface area contributed by atoms with Crippen LogP contribution < -0.4 is 10.6 Å². The number of anilines is 1. The molecule has 2 aliphatic rings. The summed E-state index contributed by atoms with van der Waals surface area (Å²) >= 11 is 0. The lowest BCUT2D eigenvalue weighted by molar-refractivity contribution is -0.169. The molecule has 0 bridgehead atoms. The highest BCUT2D eigenvalue weighted by Gasteiger charge is 2.40. The van der Waals surface area contributed by atoms with Gasteiger partial charge in [0.2, 0.25) is 0 Å². The van der Waals surface area contributed by atoms with Gasteiger partial charge in [-0.1, -0.05) is 0 Å². The zero-order chi connectivity index (χ0) is 14.2. The van der Waals surface area contributed by atoms with E-state index in [1.807, 2.05) is 6.92 Å². The van der Waals surface area contributed by atoms with Crippen LogP contribution in [0.1, 0.15) is 29.7 Å². The van der Waals surface area contributed by atoms with Crippen molar-refractivity contribution in [2.24, 2.45) is 5.73 Å². The van der Waals surface area contributed by atoms with E-state index in [-0.39, 0.29) is 5.79 Å². The van der Waals surface area contributed by atoms with E-state index >= 15 is 0 Å². The van der Waals surface area contributed by atoms with E-state index < -0.39 is 0 Å². The third-order valence-electron chi connectivity index (χ3n) is 4.40. The van der Waals surface area contributed by atoms with Gasteiger partial charge in [0.1, 0.15) is 0 Å². The van der Waals surface area contributed by atoms with Crippen LogP contribution in [0.3, 0.4) is 0 Å². The van der Waals surface area contributed by atoms with Crippen molar-refractivity contribution in [2.75, 3.05) is 31.2 Å². The molecule has 0 saturated carbocycles. The van der Waals surface area contributed by atoms with Gasteiger partial charge in [0.15, 0.2) is 11.6 Å². The lowest BCUT2D eigenvalue weighted by atomic mass is 10.0. The Labute approximate surface area is 119 Å². The fourth-order valence-electron chi connectivity index (χ4n) is 2.99. The van der Waals surface area contributed by atoms with Crippen LogP contribution in [-0.4, -0.2) is 42.3 Å². The number of rotatable bonds is 2. The first-order valence-electron chi connectivity index (χ1n) is 7.21. The molecular weight excluding hydrogens is 256 g/mol. The molecule has 2 fully saturated rings. The molecule has 6 heteroatoms. The van der Waals surface area contributed by atoms with Gasteiger partial charge in [0.05, 0.1) is 18.9 Å². The van der Waals surface area contributed by atoms with Gasteiger partial charge in [-0.05, 0) is 19.4 Å². The Balaban J connectivity index is 1.79. The van der Waals surface area contributed by atoms with Gasteiger partial charge in [-0.15, -0.1) is 5.10 Å². The van der Waals surface area contributed by atoms with Gasteiger partial charge in [0, 0.05) is 38.0 Å². The van der Waals surface area contributed by atoms with Crippen molar-refractivity contribution in [1.29, 1.82) is 0 Å². The van der Waals surface area contributed by atoms with Crippen LogP contribution in [0.15, 0.2) is 0 Å². The second kappa shape index (κ2) is 5.27. The highest BCUT2D eigenvalue weighted by Crippen LogP contribution is 2.33. The maximum Gasteiger partial charge on any atom is 0.171 e. The number of aromatic nitrogens is 2. The van der Waals surface area contributed by atoms with Crippen LogP contribution in [0.25, 0.3) is 0 Å². The van der Waals surface area contributed by atoms with E-state index in [0.717, 1.165) is 48.6 Å². The van der Waals surface area contributed by atoms with E-state index in [0.29, 0.717) is 19.8 Å². The van der Waals surface area contributed by atoms with Crippen molar-refractivity contribution in [1.82, 2.24) is 10.2 Å². The Kier molecular flexibility index (Phi) is 3.62. The third-order valence-corrected chi connectivity index (χ3v) is 4.40. The van der Waals surface area contributed by atoms with Crippen molar-refractivity contribution in [3.63, 3.8) is 0 Å². The molecule has 2 saturated heterocycles. The van der Waals surface area contributed by atoms with Crippen molar-refractivity contribution in [3.05, 3.63) is 16.8 Å². The van der Waals surface area contributed by atoms with Gasteiger partial charge in [0.25, 0.3) is 0 Å². The van der Waals surface area contributed by atoms with E-state index in [2.05, 4.69) is 22.0 Å². The molecule has 0 amide bonds. The quantitative estimate of drug-likeness (QED) is 0.866. The molecule has 0 atom stereocenters. The van der Waals surface area contributed by atoms with Gasteiger partial charge in [-0.2, -0.15) is 5.10 Å². The highest BCUT2D eigenvalue weighted by molar-refractivity contribution is 5.51. The first-order chi connectivity index (χ1) is 9.65. The fourth-order valence-corrected chi connectivity index (χ4v) is 2.99. The molecule has 1 aromatic heterocycles. The predicted octanol–water partition coefficient (Wildman–Crippen LogP) is 0.895. The monoisotopic (exact) mass is 278 g/mol. The first kappa shape index (κ1) is 13.7. The van der Waals surface area contributed by atoms with Crippen molar-refractivity contribution >= 4 is 5.82 Å². The number of hydrogen-bond acceptors (Lipinski definition) is 6. The maximum atomic E-state index is 5.90. The highest BCUT2D eigenvalue weighted by atomic mass is 16.7. The van der Waals surface area contributed by atoms with Crippen molar-refractivity contribution < 1.29 is 9.47 Å². The summed E-state index contributed by atoms with van der Waals surface area (Å²) in [5.74, 6) is 0.565. The van der Waals surface area contributed by atoms with Crippen molar-refractivity contribution in [3.8, 4) is 0 Å². The zero-order valence-corrected chi connectivity index (χ0v) is 12.2. The van der Waals surface area contributed by atoms with Crippen LogP contribution in [-0.2, 0) is 16.0 Å². The summed E-state index contributed by atoms with van der Waals surface area (Å²) in [6, 6.07) is 0. The van der Waals surface area contributed by atoms with Gasteiger partial charge in [-0.3, -0.25) is 0 Å². The van der Waals surface area contributed by atoms with E-state index in [9.17, 15) is 0 Å². The summed E-state index contributed by atoms with van der Waals surface area (Å²) in [6.07, 6.45) is 1.73. The minimum Gasteiger partial charge on any atom is -0.354 e. The molecule has 2 aliphatic heterocycles. The molecular formula is C14H22N4O2. The average Bonchev–Trinajstić information content (AvgIpc) is 2.91. The standard InChI is InChI=1S/C14H22N4O2/c1-10-11(2)16-17-13(12(10)9-15)18-5-3-14(4-6-18)19-7-8-20-14/h3-9,15H2,1-2H3. The molecule has 0 aromatic carbocycles. The third kappa shape index (κ3) is 2.28. The van der Waals surface area contributed by atoms with Crippen LogP contribution in [0.2, 0.25) is 0 Å². The molecule has 3 heterocycles. The Morgan fingerprint density at radius 3 is 2.40 bits per heavy atom. The summed E-state index contributed by atoms with van der Waals surface area (Å²) in [7, 11) is 0. The predicted molar refractivity (Wildman–Crippen MR) is 75.5 cm³/mol. The molecule has 20 heavy (non-hydrogen) atoms. The molecule has 6 nitrogen and oxygen atoms in total. The number of hydrogen-bond donors (Lipinski definition) is 1. The summed E-state index contributed by atoms with van der Waals surface area (Å²) in [6.45, 7) is 7.66. The summed E-state index contributed by atoms with van der Waals surface area (Å²) in [4.78, 5) is 2.25. The minimum absolute atomic E-state index is 0.355. The Bertz CT molecular complexity index is 490. The molecule has 0 radical (unpaired) electrons. The summed E-state index contributed by atoms with van der Waals surface area (Å²) in [5, 5.41) is 8.60. The van der Waals surface area contributed by atoms with E-state index in [1.54, 1.807) is 0 Å². The van der Waals surface area contributed by atoms with Gasteiger partial charge in [-0.25, -0.2) is 0 Å². The maximum absolute atomic E-state index is 5.90. The smallest absolute Gasteiger partial charge is 0.171 e. The fraction of sp³-hybridized carbons (Fsp3) is 0.714. The van der Waals surface area contributed by atoms with Gasteiger partial charge < -0.3 is 20.1 Å². The van der Waals surface area contributed by atoms with Crippen molar-refractivity contribution in [2.45, 2.75) is 39.0 Å². The van der Waals surface area contributed by atoms with Gasteiger partial charge >= 0.3 is 0 Å². The average molecular weight is 278 g/mol. The molecule has 2 N–H and O–H groups in total. The largest absolute Gasteiger partial charge is 0.354 e. The number of nitrogens with two attached hydrogens (primary N) is 1. The van der Waals surface area contributed by atoms with E-state index in [4.69, 9.17) is 15.2 Å². The minimum atomic E-state index is -0.355. The second-order valence-electron chi connectivity index (χ2n) is 5.51. The molecule has 110 valence electrons. The Morgan fingerprint density at radius 1 is 1.15 bits per heavy atom. The van der Waals surface area contributed by atoms with Crippen LogP contribution in [0, 0.1) is 13.8 Å². The molecule has 0 unspecified atom stereocenters. The normalized spacial score (nSPS) is 21.6. The Hall–Kier alpha value is -1.24. The molecule has 0 aliphatic carbocycles. The lowest BCUT2D eigenvalue weighted by Gasteiger charge is -2.38. The topological polar surface area (TPSA) is 73.5 Å². The number of nitrogens with zero attached hydrogens (tertiary/aromatic N) is 3. The van der Waals surface area contributed by atoms with Crippen LogP contribution in [0.5, 0.6) is 0 Å². The number of piperidine rings is 1.